The summed E-state index contributed by atoms with van der Waals surface area (Å²) in [6.45, 7) is 3.83. The van der Waals surface area contributed by atoms with Crippen molar-refractivity contribution in [2.75, 3.05) is 18.0 Å². The first-order valence-electron chi connectivity index (χ1n) is 8.34. The number of para-hydroxylation sites is 1. The van der Waals surface area contributed by atoms with Gasteiger partial charge in [-0.25, -0.2) is 13.2 Å². The molecule has 0 aromatic heterocycles. The summed E-state index contributed by atoms with van der Waals surface area (Å²) in [6, 6.07) is 11.7. The number of methoxy groups -OCH3 is 1. The number of carbonyl (C=O) groups excluding carboxylic acids is 1. The molecule has 0 radical (unpaired) electrons. The van der Waals surface area contributed by atoms with E-state index in [-0.39, 0.29) is 22.3 Å². The number of hydrogen-bond donors (Lipinski definition) is 0. The molecule has 0 saturated heterocycles. The average molecular weight is 375 g/mol. The molecule has 0 saturated carbocycles. The van der Waals surface area contributed by atoms with E-state index in [1.807, 2.05) is 18.2 Å². The van der Waals surface area contributed by atoms with Gasteiger partial charge in [0.2, 0.25) is 0 Å². The van der Waals surface area contributed by atoms with Crippen LogP contribution in [0, 0.1) is 0 Å². The average Bonchev–Trinajstić information content (AvgIpc) is 3.05. The van der Waals surface area contributed by atoms with Crippen LogP contribution in [0.2, 0.25) is 0 Å². The van der Waals surface area contributed by atoms with Crippen LogP contribution >= 0.6 is 0 Å². The molecule has 1 aliphatic heterocycles. The smallest absolute Gasteiger partial charge is 0.342 e. The molecule has 0 aliphatic carbocycles. The Hall–Kier alpha value is -2.54. The number of ether oxygens (including phenoxy) is 2. The van der Waals surface area contributed by atoms with Crippen molar-refractivity contribution in [1.29, 1.82) is 0 Å². The van der Waals surface area contributed by atoms with Crippen LogP contribution in [0.15, 0.2) is 47.4 Å². The van der Waals surface area contributed by atoms with Crippen molar-refractivity contribution < 1.29 is 22.7 Å². The Bertz CT molecular complexity index is 937. The van der Waals surface area contributed by atoms with Crippen LogP contribution in [-0.4, -0.2) is 34.1 Å². The van der Waals surface area contributed by atoms with Crippen molar-refractivity contribution in [3.63, 3.8) is 0 Å². The fourth-order valence-electron chi connectivity index (χ4n) is 2.97. The predicted octanol–water partition coefficient (Wildman–Crippen LogP) is 3.01. The van der Waals surface area contributed by atoms with Gasteiger partial charge in [0.15, 0.2) is 0 Å². The van der Waals surface area contributed by atoms with Gasteiger partial charge < -0.3 is 9.47 Å². The van der Waals surface area contributed by atoms with E-state index in [2.05, 4.69) is 0 Å². The van der Waals surface area contributed by atoms with E-state index in [0.717, 1.165) is 5.56 Å². The minimum absolute atomic E-state index is 0.0331. The van der Waals surface area contributed by atoms with Crippen molar-refractivity contribution in [3.8, 4) is 5.75 Å². The van der Waals surface area contributed by atoms with Crippen LogP contribution in [0.3, 0.4) is 0 Å². The second-order valence-corrected chi connectivity index (χ2v) is 8.13. The fraction of sp³-hybridized carbons (Fsp3) is 0.316. The quantitative estimate of drug-likeness (QED) is 0.751. The monoisotopic (exact) mass is 375 g/mol. The van der Waals surface area contributed by atoms with E-state index in [9.17, 15) is 13.2 Å². The third-order valence-corrected chi connectivity index (χ3v) is 5.98. The molecule has 0 N–H and O–H groups in total. The molecule has 26 heavy (non-hydrogen) atoms. The topological polar surface area (TPSA) is 72.9 Å². The van der Waals surface area contributed by atoms with E-state index in [1.54, 1.807) is 19.9 Å². The first-order valence-corrected chi connectivity index (χ1v) is 9.78. The molecule has 1 heterocycles. The van der Waals surface area contributed by atoms with Crippen LogP contribution in [0.4, 0.5) is 5.69 Å². The largest absolute Gasteiger partial charge is 0.496 e. The Kier molecular flexibility index (Phi) is 4.91. The van der Waals surface area contributed by atoms with Gasteiger partial charge in [-0.3, -0.25) is 4.31 Å². The Morgan fingerprint density at radius 3 is 2.58 bits per heavy atom. The molecule has 0 atom stereocenters. The second kappa shape index (κ2) is 6.99. The summed E-state index contributed by atoms with van der Waals surface area (Å²) in [4.78, 5) is 12.4. The molecule has 2 aromatic rings. The van der Waals surface area contributed by atoms with Gasteiger partial charge in [-0.05, 0) is 50.1 Å². The molecular formula is C19H21NO5S. The first kappa shape index (κ1) is 18.3. The van der Waals surface area contributed by atoms with Crippen LogP contribution in [0.1, 0.15) is 29.8 Å². The Morgan fingerprint density at radius 1 is 1.15 bits per heavy atom. The van der Waals surface area contributed by atoms with Gasteiger partial charge in [0.25, 0.3) is 10.0 Å². The number of carbonyl (C=O) groups is 1. The SMILES string of the molecule is COc1ccc(S(=O)(=O)N2CCc3ccccc32)cc1C(=O)OC(C)C. The number of fused-ring (bicyclic) bond motifs is 1. The summed E-state index contributed by atoms with van der Waals surface area (Å²) in [5.74, 6) is -0.341. The zero-order valence-electron chi connectivity index (χ0n) is 14.9. The standard InChI is InChI=1S/C19H21NO5S/c1-13(2)25-19(21)16-12-15(8-9-18(16)24-3)26(22,23)20-11-10-14-6-4-5-7-17(14)20/h4-9,12-13H,10-11H2,1-3H3. The van der Waals surface area contributed by atoms with Crippen LogP contribution in [0.25, 0.3) is 0 Å². The number of rotatable bonds is 5. The molecule has 0 unspecified atom stereocenters. The van der Waals surface area contributed by atoms with Crippen LogP contribution in [0.5, 0.6) is 5.75 Å². The minimum Gasteiger partial charge on any atom is -0.496 e. The van der Waals surface area contributed by atoms with Gasteiger partial charge in [-0.15, -0.1) is 0 Å². The lowest BCUT2D eigenvalue weighted by Crippen LogP contribution is -2.29. The molecule has 138 valence electrons. The van der Waals surface area contributed by atoms with Gasteiger partial charge in [0.05, 0.1) is 23.8 Å². The maximum absolute atomic E-state index is 13.1. The number of esters is 1. The van der Waals surface area contributed by atoms with Crippen LogP contribution < -0.4 is 9.04 Å². The maximum atomic E-state index is 13.1. The highest BCUT2D eigenvalue weighted by Gasteiger charge is 2.31. The number of nitrogens with zero attached hydrogens (tertiary/aromatic N) is 1. The van der Waals surface area contributed by atoms with Crippen molar-refractivity contribution >= 4 is 21.7 Å². The third kappa shape index (κ3) is 3.26. The molecule has 0 spiro atoms. The summed E-state index contributed by atoms with van der Waals surface area (Å²) in [6.07, 6.45) is 0.339. The summed E-state index contributed by atoms with van der Waals surface area (Å²) in [5.41, 5.74) is 1.76. The molecule has 1 aliphatic rings. The van der Waals surface area contributed by atoms with E-state index < -0.39 is 16.0 Å². The number of hydrogen-bond acceptors (Lipinski definition) is 5. The van der Waals surface area contributed by atoms with Gasteiger partial charge in [-0.1, -0.05) is 18.2 Å². The van der Waals surface area contributed by atoms with Crippen molar-refractivity contribution in [2.45, 2.75) is 31.3 Å². The highest BCUT2D eigenvalue weighted by Crippen LogP contribution is 2.34. The van der Waals surface area contributed by atoms with E-state index >= 15 is 0 Å². The zero-order valence-corrected chi connectivity index (χ0v) is 15.7. The Balaban J connectivity index is 2.02. The molecule has 0 bridgehead atoms. The minimum atomic E-state index is -3.79. The third-order valence-electron chi connectivity index (χ3n) is 4.17. The molecular weight excluding hydrogens is 354 g/mol. The highest BCUT2D eigenvalue weighted by atomic mass is 32.2. The lowest BCUT2D eigenvalue weighted by molar-refractivity contribution is 0.0374. The second-order valence-electron chi connectivity index (χ2n) is 6.27. The van der Waals surface area contributed by atoms with Gasteiger partial charge in [-0.2, -0.15) is 0 Å². The molecule has 2 aromatic carbocycles. The summed E-state index contributed by atoms with van der Waals surface area (Å²) >= 11 is 0. The Morgan fingerprint density at radius 2 is 1.88 bits per heavy atom. The fourth-order valence-corrected chi connectivity index (χ4v) is 4.50. The highest BCUT2D eigenvalue weighted by molar-refractivity contribution is 7.92. The predicted molar refractivity (Wildman–Crippen MR) is 98.2 cm³/mol. The molecule has 3 rings (SSSR count). The van der Waals surface area contributed by atoms with Gasteiger partial charge >= 0.3 is 5.97 Å². The summed E-state index contributed by atoms with van der Waals surface area (Å²) in [5, 5.41) is 0. The summed E-state index contributed by atoms with van der Waals surface area (Å²) in [7, 11) is -2.37. The lowest BCUT2D eigenvalue weighted by atomic mass is 10.2. The molecule has 0 fully saturated rings. The van der Waals surface area contributed by atoms with E-state index in [1.165, 1.54) is 29.6 Å². The number of sulfonamides is 1. The zero-order chi connectivity index (χ0) is 18.9. The molecule has 6 nitrogen and oxygen atoms in total. The van der Waals surface area contributed by atoms with Crippen molar-refractivity contribution in [3.05, 3.63) is 53.6 Å². The number of anilines is 1. The number of benzene rings is 2. The lowest BCUT2D eigenvalue weighted by Gasteiger charge is -2.20. The molecule has 0 amide bonds. The normalized spacial score (nSPS) is 13.6. The first-order chi connectivity index (χ1) is 12.3. The van der Waals surface area contributed by atoms with E-state index in [4.69, 9.17) is 9.47 Å². The van der Waals surface area contributed by atoms with Gasteiger partial charge in [0, 0.05) is 6.54 Å². The van der Waals surface area contributed by atoms with Crippen molar-refractivity contribution in [2.24, 2.45) is 0 Å². The van der Waals surface area contributed by atoms with Crippen LogP contribution in [-0.2, 0) is 21.2 Å². The summed E-state index contributed by atoms with van der Waals surface area (Å²) < 4.78 is 38.0. The maximum Gasteiger partial charge on any atom is 0.342 e. The Labute approximate surface area is 153 Å². The van der Waals surface area contributed by atoms with Crippen molar-refractivity contribution in [1.82, 2.24) is 0 Å². The van der Waals surface area contributed by atoms with Gasteiger partial charge in [0.1, 0.15) is 11.3 Å². The van der Waals surface area contributed by atoms with E-state index in [0.29, 0.717) is 18.7 Å². The molecule has 7 heteroatoms.